The fourth-order valence-electron chi connectivity index (χ4n) is 1.91. The van der Waals surface area contributed by atoms with Gasteiger partial charge in [0.15, 0.2) is 5.84 Å². The first-order valence-corrected chi connectivity index (χ1v) is 6.68. The monoisotopic (exact) mass is 276 g/mol. The Balaban J connectivity index is 2.36. The number of nitrogens with two attached hydrogens (primary N) is 1. The molecule has 19 heavy (non-hydrogen) atoms. The summed E-state index contributed by atoms with van der Waals surface area (Å²) >= 11 is 1.69. The highest BCUT2D eigenvalue weighted by molar-refractivity contribution is 7.09. The maximum Gasteiger partial charge on any atom is 0.174 e. The Labute approximate surface area is 116 Å². The fraction of sp³-hybridized carbons (Fsp3) is 0.231. The lowest BCUT2D eigenvalue weighted by molar-refractivity contribution is 0.318. The van der Waals surface area contributed by atoms with Crippen LogP contribution in [0.3, 0.4) is 0 Å². The van der Waals surface area contributed by atoms with Crippen molar-refractivity contribution >= 4 is 23.0 Å². The first-order chi connectivity index (χ1) is 9.13. The van der Waals surface area contributed by atoms with Gasteiger partial charge in [0.25, 0.3) is 0 Å². The minimum atomic E-state index is 0.0821. The molecule has 0 spiro atoms. The Morgan fingerprint density at radius 1 is 1.53 bits per heavy atom. The standard InChI is InChI=1S/C13H16N4OS/c1-9-5-6-15-13(11(9)12(14)16-18)17(2)8-10-4-3-7-19-10/h3-7,18H,8H2,1-2H3,(H2,14,16). The molecule has 6 heteroatoms. The summed E-state index contributed by atoms with van der Waals surface area (Å²) in [4.78, 5) is 7.57. The lowest BCUT2D eigenvalue weighted by Crippen LogP contribution is -2.24. The van der Waals surface area contributed by atoms with E-state index in [1.54, 1.807) is 17.5 Å². The number of aromatic nitrogens is 1. The molecule has 0 atom stereocenters. The molecular formula is C13H16N4OS. The van der Waals surface area contributed by atoms with Crippen molar-refractivity contribution < 1.29 is 5.21 Å². The Morgan fingerprint density at radius 2 is 2.32 bits per heavy atom. The van der Waals surface area contributed by atoms with Gasteiger partial charge in [0, 0.05) is 18.1 Å². The van der Waals surface area contributed by atoms with Gasteiger partial charge in [-0.25, -0.2) is 4.98 Å². The molecule has 2 rings (SSSR count). The first kappa shape index (κ1) is 13.4. The molecule has 0 unspecified atom stereocenters. The van der Waals surface area contributed by atoms with E-state index < -0.39 is 0 Å². The quantitative estimate of drug-likeness (QED) is 0.388. The summed E-state index contributed by atoms with van der Waals surface area (Å²) in [6.45, 7) is 2.65. The number of amidine groups is 1. The molecule has 2 aromatic rings. The molecule has 0 saturated carbocycles. The largest absolute Gasteiger partial charge is 0.409 e. The Morgan fingerprint density at radius 3 is 2.95 bits per heavy atom. The highest BCUT2D eigenvalue weighted by atomic mass is 32.1. The molecule has 3 N–H and O–H groups in total. The van der Waals surface area contributed by atoms with E-state index in [1.807, 2.05) is 36.4 Å². The third-order valence-corrected chi connectivity index (χ3v) is 3.70. The van der Waals surface area contributed by atoms with E-state index in [9.17, 15) is 0 Å². The van der Waals surface area contributed by atoms with E-state index in [2.05, 4.69) is 16.2 Å². The number of thiophene rings is 1. The van der Waals surface area contributed by atoms with Crippen molar-refractivity contribution in [2.75, 3.05) is 11.9 Å². The molecule has 0 saturated heterocycles. The second-order valence-electron chi connectivity index (χ2n) is 4.25. The molecule has 0 fully saturated rings. The Bertz CT molecular complexity index is 580. The predicted octanol–water partition coefficient (Wildman–Crippen LogP) is 2.18. The summed E-state index contributed by atoms with van der Waals surface area (Å²) in [7, 11) is 1.94. The average Bonchev–Trinajstić information content (AvgIpc) is 2.90. The molecular weight excluding hydrogens is 260 g/mol. The maximum atomic E-state index is 8.89. The summed E-state index contributed by atoms with van der Waals surface area (Å²) < 4.78 is 0. The molecule has 0 radical (unpaired) electrons. The lowest BCUT2D eigenvalue weighted by atomic mass is 10.1. The van der Waals surface area contributed by atoms with Gasteiger partial charge in [0.2, 0.25) is 0 Å². The zero-order valence-corrected chi connectivity index (χ0v) is 11.7. The number of hydrogen-bond donors (Lipinski definition) is 2. The van der Waals surface area contributed by atoms with Crippen LogP contribution in [0.1, 0.15) is 16.0 Å². The lowest BCUT2D eigenvalue weighted by Gasteiger charge is -2.21. The minimum absolute atomic E-state index is 0.0821. The SMILES string of the molecule is Cc1ccnc(N(C)Cc2cccs2)c1/C(N)=N/O. The van der Waals surface area contributed by atoms with Crippen molar-refractivity contribution in [2.45, 2.75) is 13.5 Å². The highest BCUT2D eigenvalue weighted by Crippen LogP contribution is 2.22. The van der Waals surface area contributed by atoms with E-state index >= 15 is 0 Å². The number of anilines is 1. The third kappa shape index (κ3) is 2.85. The van der Waals surface area contributed by atoms with E-state index in [1.165, 1.54) is 4.88 Å². The van der Waals surface area contributed by atoms with Crippen LogP contribution in [-0.2, 0) is 6.54 Å². The number of oxime groups is 1. The van der Waals surface area contributed by atoms with Crippen molar-refractivity contribution in [2.24, 2.45) is 10.9 Å². The maximum absolute atomic E-state index is 8.89. The van der Waals surface area contributed by atoms with E-state index in [0.717, 1.165) is 12.1 Å². The van der Waals surface area contributed by atoms with Crippen LogP contribution in [0.5, 0.6) is 0 Å². The van der Waals surface area contributed by atoms with Crippen LogP contribution in [0.15, 0.2) is 34.9 Å². The molecule has 0 aliphatic heterocycles. The zero-order chi connectivity index (χ0) is 13.8. The predicted molar refractivity (Wildman–Crippen MR) is 77.9 cm³/mol. The number of hydrogen-bond acceptors (Lipinski definition) is 5. The summed E-state index contributed by atoms with van der Waals surface area (Å²) in [6.07, 6.45) is 1.73. The van der Waals surface area contributed by atoms with Crippen molar-refractivity contribution in [3.63, 3.8) is 0 Å². The first-order valence-electron chi connectivity index (χ1n) is 5.80. The van der Waals surface area contributed by atoms with Crippen molar-refractivity contribution in [3.05, 3.63) is 45.8 Å². The third-order valence-electron chi connectivity index (χ3n) is 2.84. The number of aryl methyl sites for hydroxylation is 1. The van der Waals surface area contributed by atoms with Crippen molar-refractivity contribution in [1.82, 2.24) is 4.98 Å². The Hall–Kier alpha value is -2.08. The van der Waals surface area contributed by atoms with Gasteiger partial charge in [-0.1, -0.05) is 11.2 Å². The zero-order valence-electron chi connectivity index (χ0n) is 10.9. The molecule has 0 bridgehead atoms. The number of rotatable bonds is 4. The van der Waals surface area contributed by atoms with Gasteiger partial charge >= 0.3 is 0 Å². The van der Waals surface area contributed by atoms with Crippen LogP contribution >= 0.6 is 11.3 Å². The van der Waals surface area contributed by atoms with Gasteiger partial charge in [-0.3, -0.25) is 0 Å². The molecule has 0 aliphatic carbocycles. The summed E-state index contributed by atoms with van der Waals surface area (Å²) in [5, 5.41) is 14.0. The molecule has 2 heterocycles. The van der Waals surface area contributed by atoms with E-state index in [-0.39, 0.29) is 5.84 Å². The van der Waals surface area contributed by atoms with Gasteiger partial charge in [0.1, 0.15) is 5.82 Å². The molecule has 100 valence electrons. The molecule has 5 nitrogen and oxygen atoms in total. The van der Waals surface area contributed by atoms with Gasteiger partial charge < -0.3 is 15.8 Å². The summed E-state index contributed by atoms with van der Waals surface area (Å²) in [5.74, 6) is 0.794. The van der Waals surface area contributed by atoms with Gasteiger partial charge in [-0.05, 0) is 30.0 Å². The molecule has 0 aliphatic rings. The second kappa shape index (κ2) is 5.71. The Kier molecular flexibility index (Phi) is 4.01. The summed E-state index contributed by atoms with van der Waals surface area (Å²) in [6, 6.07) is 5.93. The van der Waals surface area contributed by atoms with Gasteiger partial charge in [-0.2, -0.15) is 0 Å². The molecule has 0 aromatic carbocycles. The van der Waals surface area contributed by atoms with Crippen LogP contribution in [-0.4, -0.2) is 23.1 Å². The average molecular weight is 276 g/mol. The van der Waals surface area contributed by atoms with Crippen molar-refractivity contribution in [3.8, 4) is 0 Å². The number of nitrogens with zero attached hydrogens (tertiary/aromatic N) is 3. The second-order valence-corrected chi connectivity index (χ2v) is 5.28. The normalized spacial score (nSPS) is 11.6. The van der Waals surface area contributed by atoms with Gasteiger partial charge in [0.05, 0.1) is 12.1 Å². The minimum Gasteiger partial charge on any atom is -0.409 e. The van der Waals surface area contributed by atoms with Crippen LogP contribution < -0.4 is 10.6 Å². The summed E-state index contributed by atoms with van der Waals surface area (Å²) in [5.41, 5.74) is 7.34. The fourth-order valence-corrected chi connectivity index (χ4v) is 2.67. The van der Waals surface area contributed by atoms with Crippen LogP contribution in [0, 0.1) is 6.92 Å². The van der Waals surface area contributed by atoms with Crippen LogP contribution in [0.25, 0.3) is 0 Å². The molecule has 0 amide bonds. The van der Waals surface area contributed by atoms with E-state index in [4.69, 9.17) is 10.9 Å². The highest BCUT2D eigenvalue weighted by Gasteiger charge is 2.15. The topological polar surface area (TPSA) is 74.7 Å². The van der Waals surface area contributed by atoms with E-state index in [0.29, 0.717) is 11.4 Å². The number of pyridine rings is 1. The van der Waals surface area contributed by atoms with Crippen molar-refractivity contribution in [1.29, 1.82) is 0 Å². The van der Waals surface area contributed by atoms with Crippen LogP contribution in [0.2, 0.25) is 0 Å². The van der Waals surface area contributed by atoms with Crippen LogP contribution in [0.4, 0.5) is 5.82 Å². The smallest absolute Gasteiger partial charge is 0.174 e. The molecule has 2 aromatic heterocycles. The van der Waals surface area contributed by atoms with Gasteiger partial charge in [-0.15, -0.1) is 11.3 Å².